The van der Waals surface area contributed by atoms with Crippen LogP contribution in [0, 0.1) is 0 Å². The van der Waals surface area contributed by atoms with Gasteiger partial charge in [-0.25, -0.2) is 0 Å². The molecule has 1 heterocycles. The number of para-hydroxylation sites is 1. The molecule has 0 bridgehead atoms. The lowest BCUT2D eigenvalue weighted by Crippen LogP contribution is -2.27. The lowest BCUT2D eigenvalue weighted by atomic mass is 10.1. The minimum Gasteiger partial charge on any atom is -0.494 e. The second kappa shape index (κ2) is 7.04. The fourth-order valence-corrected chi connectivity index (χ4v) is 2.45. The zero-order valence-corrected chi connectivity index (χ0v) is 13.3. The molecule has 0 spiro atoms. The summed E-state index contributed by atoms with van der Waals surface area (Å²) < 4.78 is 10.8. The molecule has 2 amide bonds. The van der Waals surface area contributed by atoms with E-state index in [2.05, 4.69) is 10.6 Å². The van der Waals surface area contributed by atoms with Crippen molar-refractivity contribution in [1.82, 2.24) is 5.32 Å². The van der Waals surface area contributed by atoms with Gasteiger partial charge in [0.25, 0.3) is 11.8 Å². The van der Waals surface area contributed by atoms with Gasteiger partial charge in [0.05, 0.1) is 12.3 Å². The van der Waals surface area contributed by atoms with Crippen LogP contribution in [0.2, 0.25) is 0 Å². The van der Waals surface area contributed by atoms with Crippen molar-refractivity contribution in [1.29, 1.82) is 0 Å². The van der Waals surface area contributed by atoms with Gasteiger partial charge in [-0.15, -0.1) is 0 Å². The van der Waals surface area contributed by atoms with Gasteiger partial charge < -0.3 is 20.1 Å². The Morgan fingerprint density at radius 1 is 1.29 bits per heavy atom. The molecule has 0 unspecified atom stereocenters. The summed E-state index contributed by atoms with van der Waals surface area (Å²) in [6.45, 7) is 2.83. The van der Waals surface area contributed by atoms with Crippen molar-refractivity contribution in [3.63, 3.8) is 0 Å². The molecule has 124 valence electrons. The molecule has 0 atom stereocenters. The zero-order chi connectivity index (χ0) is 16.9. The zero-order valence-electron chi connectivity index (χ0n) is 13.3. The molecule has 0 aliphatic carbocycles. The molecule has 2 N–H and O–H groups in total. The van der Waals surface area contributed by atoms with Crippen molar-refractivity contribution in [2.24, 2.45) is 0 Å². The maximum Gasteiger partial charge on any atom is 0.262 e. The van der Waals surface area contributed by atoms with Gasteiger partial charge in [-0.3, -0.25) is 9.59 Å². The van der Waals surface area contributed by atoms with Crippen LogP contribution in [0.1, 0.15) is 22.8 Å². The van der Waals surface area contributed by atoms with Crippen LogP contribution in [0.25, 0.3) is 0 Å². The summed E-state index contributed by atoms with van der Waals surface area (Å²) in [5.41, 5.74) is 1.87. The predicted molar refractivity (Wildman–Crippen MR) is 89.3 cm³/mol. The third-order valence-electron chi connectivity index (χ3n) is 3.59. The molecular weight excluding hydrogens is 308 g/mol. The first kappa shape index (κ1) is 15.9. The summed E-state index contributed by atoms with van der Waals surface area (Å²) in [7, 11) is 0. The van der Waals surface area contributed by atoms with Gasteiger partial charge in [-0.2, -0.15) is 0 Å². The molecule has 3 rings (SSSR count). The Balaban J connectivity index is 1.70. The number of hydrogen-bond donors (Lipinski definition) is 2. The van der Waals surface area contributed by atoms with E-state index in [-0.39, 0.29) is 18.4 Å². The number of carbonyl (C=O) groups excluding carboxylic acids is 2. The van der Waals surface area contributed by atoms with Crippen LogP contribution < -0.4 is 20.1 Å². The van der Waals surface area contributed by atoms with E-state index in [0.29, 0.717) is 30.2 Å². The maximum atomic E-state index is 12.3. The number of fused-ring (bicyclic) bond motifs is 1. The molecule has 1 aliphatic heterocycles. The third-order valence-corrected chi connectivity index (χ3v) is 3.59. The van der Waals surface area contributed by atoms with Crippen molar-refractivity contribution in [2.45, 2.75) is 13.5 Å². The van der Waals surface area contributed by atoms with Crippen LogP contribution in [-0.2, 0) is 11.3 Å². The number of nitrogens with one attached hydrogen (secondary N) is 2. The minimum atomic E-state index is -0.232. The van der Waals surface area contributed by atoms with Gasteiger partial charge in [0, 0.05) is 17.7 Å². The van der Waals surface area contributed by atoms with Gasteiger partial charge in [0.1, 0.15) is 11.5 Å². The van der Waals surface area contributed by atoms with Crippen molar-refractivity contribution in [3.8, 4) is 11.5 Å². The van der Waals surface area contributed by atoms with E-state index >= 15 is 0 Å². The summed E-state index contributed by atoms with van der Waals surface area (Å²) in [5.74, 6) is 0.855. The van der Waals surface area contributed by atoms with Crippen LogP contribution >= 0.6 is 0 Å². The van der Waals surface area contributed by atoms with Gasteiger partial charge in [0.2, 0.25) is 0 Å². The summed E-state index contributed by atoms with van der Waals surface area (Å²) in [5, 5.41) is 5.55. The number of carbonyl (C=O) groups is 2. The molecule has 0 aromatic heterocycles. The fourth-order valence-electron chi connectivity index (χ4n) is 2.45. The molecule has 0 saturated heterocycles. The van der Waals surface area contributed by atoms with Crippen molar-refractivity contribution < 1.29 is 19.1 Å². The van der Waals surface area contributed by atoms with Crippen LogP contribution in [0.15, 0.2) is 42.5 Å². The first-order valence-corrected chi connectivity index (χ1v) is 7.73. The van der Waals surface area contributed by atoms with E-state index in [1.54, 1.807) is 18.2 Å². The topological polar surface area (TPSA) is 76.7 Å². The predicted octanol–water partition coefficient (Wildman–Crippen LogP) is 2.35. The molecule has 6 heteroatoms. The normalized spacial score (nSPS) is 12.6. The molecule has 0 radical (unpaired) electrons. The Labute approximate surface area is 139 Å². The Morgan fingerprint density at radius 2 is 2.12 bits per heavy atom. The van der Waals surface area contributed by atoms with Gasteiger partial charge in [0.15, 0.2) is 6.61 Å². The molecular formula is C18H18N2O4. The highest BCUT2D eigenvalue weighted by Crippen LogP contribution is 2.28. The Bertz CT molecular complexity index is 773. The highest BCUT2D eigenvalue weighted by Gasteiger charge is 2.17. The van der Waals surface area contributed by atoms with Crippen LogP contribution in [0.5, 0.6) is 11.5 Å². The third kappa shape index (κ3) is 3.48. The number of rotatable bonds is 5. The van der Waals surface area contributed by atoms with Crippen LogP contribution in [-0.4, -0.2) is 25.0 Å². The summed E-state index contributed by atoms with van der Waals surface area (Å²) in [6, 6.07) is 12.5. The van der Waals surface area contributed by atoms with E-state index < -0.39 is 0 Å². The molecule has 6 nitrogen and oxygen atoms in total. The average Bonchev–Trinajstić information content (AvgIpc) is 2.60. The van der Waals surface area contributed by atoms with E-state index in [1.165, 1.54) is 0 Å². The Kier molecular flexibility index (Phi) is 4.65. The lowest BCUT2D eigenvalue weighted by molar-refractivity contribution is -0.118. The number of ether oxygens (including phenoxy) is 2. The fraction of sp³-hybridized carbons (Fsp3) is 0.222. The number of anilines is 1. The minimum absolute atomic E-state index is 0.00719. The summed E-state index contributed by atoms with van der Waals surface area (Å²) in [4.78, 5) is 23.7. The SMILES string of the molecule is CCOc1ccccc1CNC(=O)c1ccc2c(c1)NC(=O)CO2. The lowest BCUT2D eigenvalue weighted by Gasteiger charge is -2.18. The highest BCUT2D eigenvalue weighted by molar-refractivity contribution is 5.99. The van der Waals surface area contributed by atoms with Crippen LogP contribution in [0.3, 0.4) is 0 Å². The summed E-state index contributed by atoms with van der Waals surface area (Å²) in [6.07, 6.45) is 0. The van der Waals surface area contributed by atoms with Gasteiger partial charge in [-0.05, 0) is 31.2 Å². The van der Waals surface area contributed by atoms with Crippen molar-refractivity contribution >= 4 is 17.5 Å². The number of hydrogen-bond acceptors (Lipinski definition) is 4. The molecule has 2 aromatic carbocycles. The van der Waals surface area contributed by atoms with Crippen molar-refractivity contribution in [3.05, 3.63) is 53.6 Å². The Hall–Kier alpha value is -3.02. The first-order chi connectivity index (χ1) is 11.7. The van der Waals surface area contributed by atoms with E-state index in [0.717, 1.165) is 11.3 Å². The second-order valence-electron chi connectivity index (χ2n) is 5.27. The van der Waals surface area contributed by atoms with Gasteiger partial charge >= 0.3 is 0 Å². The number of benzene rings is 2. The highest BCUT2D eigenvalue weighted by atomic mass is 16.5. The van der Waals surface area contributed by atoms with Crippen molar-refractivity contribution in [2.75, 3.05) is 18.5 Å². The smallest absolute Gasteiger partial charge is 0.262 e. The number of amides is 2. The van der Waals surface area contributed by atoms with E-state index in [9.17, 15) is 9.59 Å². The molecule has 2 aromatic rings. The molecule has 1 aliphatic rings. The van der Waals surface area contributed by atoms with Gasteiger partial charge in [-0.1, -0.05) is 18.2 Å². The molecule has 0 fully saturated rings. The largest absolute Gasteiger partial charge is 0.494 e. The van der Waals surface area contributed by atoms with Crippen LogP contribution in [0.4, 0.5) is 5.69 Å². The average molecular weight is 326 g/mol. The quantitative estimate of drug-likeness (QED) is 0.884. The standard InChI is InChI=1S/C18H18N2O4/c1-2-23-15-6-4-3-5-13(15)10-19-18(22)12-7-8-16-14(9-12)20-17(21)11-24-16/h3-9H,2,10-11H2,1H3,(H,19,22)(H,20,21). The first-order valence-electron chi connectivity index (χ1n) is 7.73. The Morgan fingerprint density at radius 3 is 2.96 bits per heavy atom. The monoisotopic (exact) mass is 326 g/mol. The molecule has 0 saturated carbocycles. The van der Waals surface area contributed by atoms with E-state index in [1.807, 2.05) is 31.2 Å². The summed E-state index contributed by atoms with van der Waals surface area (Å²) >= 11 is 0. The second-order valence-corrected chi connectivity index (χ2v) is 5.27. The van der Waals surface area contributed by atoms with E-state index in [4.69, 9.17) is 9.47 Å². The molecule has 24 heavy (non-hydrogen) atoms. The maximum absolute atomic E-state index is 12.3.